The van der Waals surface area contributed by atoms with Crippen molar-refractivity contribution < 1.29 is 18.7 Å². The third kappa shape index (κ3) is 2.65. The molecule has 0 spiro atoms. The predicted octanol–water partition coefficient (Wildman–Crippen LogP) is 2.24. The minimum absolute atomic E-state index is 0.135. The van der Waals surface area contributed by atoms with Crippen LogP contribution in [0.1, 0.15) is 13.3 Å². The number of hydrogen-bond donors (Lipinski definition) is 2. The molecule has 3 nitrogen and oxygen atoms in total. The molecule has 1 rings (SSSR count). The summed E-state index contributed by atoms with van der Waals surface area (Å²) in [6.45, 7) is 1.64. The molecule has 1 aromatic carbocycles. The van der Waals surface area contributed by atoms with Crippen LogP contribution in [0.4, 0.5) is 14.5 Å². The molecule has 0 radical (unpaired) electrons. The zero-order valence-corrected chi connectivity index (χ0v) is 8.13. The maximum absolute atomic E-state index is 13.1. The van der Waals surface area contributed by atoms with Gasteiger partial charge in [-0.2, -0.15) is 0 Å². The van der Waals surface area contributed by atoms with Gasteiger partial charge < -0.3 is 10.4 Å². The summed E-state index contributed by atoms with van der Waals surface area (Å²) in [5.74, 6) is -3.15. The van der Waals surface area contributed by atoms with E-state index in [0.717, 1.165) is 6.07 Å². The number of rotatable bonds is 4. The molecule has 0 saturated carbocycles. The molecule has 82 valence electrons. The van der Waals surface area contributed by atoms with Crippen molar-refractivity contribution in [3.05, 3.63) is 29.8 Å². The molecule has 0 aliphatic heterocycles. The molecule has 15 heavy (non-hydrogen) atoms. The van der Waals surface area contributed by atoms with Gasteiger partial charge in [0.1, 0.15) is 6.04 Å². The number of hydrogen-bond acceptors (Lipinski definition) is 2. The lowest BCUT2D eigenvalue weighted by molar-refractivity contribution is -0.137. The second-order valence-corrected chi connectivity index (χ2v) is 3.04. The minimum Gasteiger partial charge on any atom is -0.480 e. The maximum Gasteiger partial charge on any atom is 0.326 e. The Morgan fingerprint density at radius 2 is 2.20 bits per heavy atom. The lowest BCUT2D eigenvalue weighted by atomic mass is 10.2. The van der Waals surface area contributed by atoms with Crippen molar-refractivity contribution in [2.75, 3.05) is 5.32 Å². The lowest BCUT2D eigenvalue weighted by Gasteiger charge is -2.14. The van der Waals surface area contributed by atoms with Crippen molar-refractivity contribution in [2.24, 2.45) is 0 Å². The van der Waals surface area contributed by atoms with Crippen LogP contribution in [0.2, 0.25) is 0 Å². The Morgan fingerprint density at radius 3 is 2.73 bits per heavy atom. The summed E-state index contributed by atoms with van der Waals surface area (Å²) in [6.07, 6.45) is 0.283. The van der Waals surface area contributed by atoms with Crippen molar-refractivity contribution >= 4 is 11.7 Å². The Hall–Kier alpha value is -1.65. The number of aliphatic carboxylic acids is 1. The summed E-state index contributed by atoms with van der Waals surface area (Å²) in [6, 6.07) is 2.67. The van der Waals surface area contributed by atoms with Gasteiger partial charge in [0, 0.05) is 0 Å². The first kappa shape index (κ1) is 11.4. The lowest BCUT2D eigenvalue weighted by Crippen LogP contribution is -2.28. The highest BCUT2D eigenvalue weighted by molar-refractivity contribution is 5.77. The predicted molar refractivity (Wildman–Crippen MR) is 51.7 cm³/mol. The number of nitrogens with one attached hydrogen (secondary N) is 1. The number of carbonyl (C=O) groups is 1. The van der Waals surface area contributed by atoms with Crippen LogP contribution in [-0.4, -0.2) is 17.1 Å². The summed E-state index contributed by atoms with van der Waals surface area (Å²) in [7, 11) is 0. The van der Waals surface area contributed by atoms with Gasteiger partial charge in [-0.25, -0.2) is 13.6 Å². The second-order valence-electron chi connectivity index (χ2n) is 3.04. The van der Waals surface area contributed by atoms with E-state index in [0.29, 0.717) is 0 Å². The standard InChI is InChI=1S/C10H11F2NO2/c1-2-7(10(14)15)13-8-5-3-4-6(11)9(8)12/h3-5,7,13H,2H2,1H3,(H,14,15). The van der Waals surface area contributed by atoms with Gasteiger partial charge in [0.2, 0.25) is 0 Å². The van der Waals surface area contributed by atoms with E-state index >= 15 is 0 Å². The highest BCUT2D eigenvalue weighted by Crippen LogP contribution is 2.18. The van der Waals surface area contributed by atoms with Gasteiger partial charge in [0.05, 0.1) is 5.69 Å². The van der Waals surface area contributed by atoms with E-state index in [2.05, 4.69) is 5.32 Å². The molecule has 0 bridgehead atoms. The molecule has 0 fully saturated rings. The van der Waals surface area contributed by atoms with Gasteiger partial charge in [-0.15, -0.1) is 0 Å². The fourth-order valence-corrected chi connectivity index (χ4v) is 1.14. The van der Waals surface area contributed by atoms with Gasteiger partial charge in [0.15, 0.2) is 11.6 Å². The van der Waals surface area contributed by atoms with Crippen LogP contribution in [-0.2, 0) is 4.79 Å². The monoisotopic (exact) mass is 215 g/mol. The third-order valence-corrected chi connectivity index (χ3v) is 1.99. The molecule has 1 unspecified atom stereocenters. The van der Waals surface area contributed by atoms with E-state index in [1.807, 2.05) is 0 Å². The smallest absolute Gasteiger partial charge is 0.326 e. The van der Waals surface area contributed by atoms with Gasteiger partial charge >= 0.3 is 5.97 Å². The largest absolute Gasteiger partial charge is 0.480 e. The summed E-state index contributed by atoms with van der Waals surface area (Å²) < 4.78 is 25.9. The Bertz CT molecular complexity index is 368. The molecule has 0 saturated heterocycles. The molecule has 2 N–H and O–H groups in total. The molecule has 0 heterocycles. The van der Waals surface area contributed by atoms with E-state index < -0.39 is 23.6 Å². The Morgan fingerprint density at radius 1 is 1.53 bits per heavy atom. The Labute approximate surface area is 85.7 Å². The normalized spacial score (nSPS) is 12.2. The van der Waals surface area contributed by atoms with Crippen LogP contribution >= 0.6 is 0 Å². The van der Waals surface area contributed by atoms with E-state index in [1.165, 1.54) is 12.1 Å². The first-order chi connectivity index (χ1) is 7.06. The van der Waals surface area contributed by atoms with Crippen LogP contribution in [0.15, 0.2) is 18.2 Å². The molecular formula is C10H11F2NO2. The number of anilines is 1. The number of carboxylic acids is 1. The minimum atomic E-state index is -1.10. The quantitative estimate of drug-likeness (QED) is 0.809. The molecule has 0 amide bonds. The molecule has 0 aliphatic carbocycles. The van der Waals surface area contributed by atoms with Crippen molar-refractivity contribution in [1.29, 1.82) is 0 Å². The highest BCUT2D eigenvalue weighted by atomic mass is 19.2. The topological polar surface area (TPSA) is 49.3 Å². The van der Waals surface area contributed by atoms with Gasteiger partial charge in [-0.05, 0) is 18.6 Å². The molecular weight excluding hydrogens is 204 g/mol. The summed E-state index contributed by atoms with van der Waals surface area (Å²) >= 11 is 0. The Balaban J connectivity index is 2.88. The number of benzene rings is 1. The van der Waals surface area contributed by atoms with Crippen molar-refractivity contribution in [3.63, 3.8) is 0 Å². The first-order valence-electron chi connectivity index (χ1n) is 4.49. The van der Waals surface area contributed by atoms with Crippen LogP contribution in [0.3, 0.4) is 0 Å². The van der Waals surface area contributed by atoms with Gasteiger partial charge in [-0.3, -0.25) is 0 Å². The van der Waals surface area contributed by atoms with Crippen molar-refractivity contribution in [3.8, 4) is 0 Å². The summed E-state index contributed by atoms with van der Waals surface area (Å²) in [5, 5.41) is 11.1. The van der Waals surface area contributed by atoms with Gasteiger partial charge in [0.25, 0.3) is 0 Å². The number of carboxylic acid groups (broad SMARTS) is 1. The van der Waals surface area contributed by atoms with E-state index in [9.17, 15) is 13.6 Å². The van der Waals surface area contributed by atoms with Crippen LogP contribution in [0, 0.1) is 11.6 Å². The summed E-state index contributed by atoms with van der Waals surface area (Å²) in [5.41, 5.74) is -0.135. The Kier molecular flexibility index (Phi) is 3.60. The second kappa shape index (κ2) is 4.72. The van der Waals surface area contributed by atoms with Crippen molar-refractivity contribution in [2.45, 2.75) is 19.4 Å². The fraction of sp³-hybridized carbons (Fsp3) is 0.300. The van der Waals surface area contributed by atoms with E-state index in [1.54, 1.807) is 6.92 Å². The average molecular weight is 215 g/mol. The molecule has 0 aromatic heterocycles. The number of halogens is 2. The fourth-order valence-electron chi connectivity index (χ4n) is 1.14. The molecule has 1 aromatic rings. The third-order valence-electron chi connectivity index (χ3n) is 1.99. The SMILES string of the molecule is CCC(Nc1cccc(F)c1F)C(=O)O. The zero-order chi connectivity index (χ0) is 11.4. The maximum atomic E-state index is 13.1. The van der Waals surface area contributed by atoms with Gasteiger partial charge in [-0.1, -0.05) is 13.0 Å². The van der Waals surface area contributed by atoms with Crippen LogP contribution in [0.5, 0.6) is 0 Å². The van der Waals surface area contributed by atoms with E-state index in [-0.39, 0.29) is 12.1 Å². The van der Waals surface area contributed by atoms with Crippen molar-refractivity contribution in [1.82, 2.24) is 0 Å². The molecule has 0 aliphatic rings. The highest BCUT2D eigenvalue weighted by Gasteiger charge is 2.17. The zero-order valence-electron chi connectivity index (χ0n) is 8.13. The van der Waals surface area contributed by atoms with Crippen LogP contribution in [0.25, 0.3) is 0 Å². The van der Waals surface area contributed by atoms with E-state index in [4.69, 9.17) is 5.11 Å². The molecule has 5 heteroatoms. The first-order valence-corrected chi connectivity index (χ1v) is 4.49. The molecule has 1 atom stereocenters. The van der Waals surface area contributed by atoms with Crippen LogP contribution < -0.4 is 5.32 Å². The summed E-state index contributed by atoms with van der Waals surface area (Å²) in [4.78, 5) is 10.7. The average Bonchev–Trinajstić information content (AvgIpc) is 2.19.